The number of anilines is 1. The average Bonchev–Trinajstić information content (AvgIpc) is 2.85. The van der Waals surface area contributed by atoms with Crippen LogP contribution in [0.5, 0.6) is 5.75 Å². The highest BCUT2D eigenvalue weighted by Gasteiger charge is 2.22. The number of fused-ring (bicyclic) bond motifs is 2. The monoisotopic (exact) mass is 332 g/mol. The first-order valence-corrected chi connectivity index (χ1v) is 8.66. The number of aromatic nitrogens is 1. The Morgan fingerprint density at radius 1 is 1.12 bits per heavy atom. The topological polar surface area (TPSA) is 51.2 Å². The molecule has 1 aromatic heterocycles. The summed E-state index contributed by atoms with van der Waals surface area (Å²) >= 11 is 0. The highest BCUT2D eigenvalue weighted by molar-refractivity contribution is 6.00. The van der Waals surface area contributed by atoms with E-state index in [0.29, 0.717) is 13.0 Å². The molecule has 1 aliphatic rings. The van der Waals surface area contributed by atoms with Crippen molar-refractivity contribution in [2.75, 3.05) is 11.9 Å². The van der Waals surface area contributed by atoms with Crippen LogP contribution in [-0.2, 0) is 4.79 Å². The summed E-state index contributed by atoms with van der Waals surface area (Å²) in [7, 11) is 0. The first-order valence-electron chi connectivity index (χ1n) is 8.66. The third-order valence-corrected chi connectivity index (χ3v) is 4.65. The second-order valence-electron chi connectivity index (χ2n) is 6.36. The zero-order valence-electron chi connectivity index (χ0n) is 13.9. The van der Waals surface area contributed by atoms with Crippen LogP contribution in [0.2, 0.25) is 0 Å². The van der Waals surface area contributed by atoms with Gasteiger partial charge in [0.15, 0.2) is 0 Å². The van der Waals surface area contributed by atoms with Gasteiger partial charge < -0.3 is 10.1 Å². The number of nitrogens with one attached hydrogen (secondary N) is 1. The van der Waals surface area contributed by atoms with Crippen LogP contribution in [0.15, 0.2) is 60.8 Å². The Labute approximate surface area is 146 Å². The molecule has 0 fully saturated rings. The summed E-state index contributed by atoms with van der Waals surface area (Å²) in [5.41, 5.74) is 2.72. The first kappa shape index (κ1) is 15.6. The van der Waals surface area contributed by atoms with Crippen LogP contribution in [0, 0.1) is 0 Å². The number of carbonyl (C=O) groups is 1. The fraction of sp³-hybridized carbons (Fsp3) is 0.238. The lowest BCUT2D eigenvalue weighted by molar-refractivity contribution is -0.116. The predicted molar refractivity (Wildman–Crippen MR) is 98.9 cm³/mol. The minimum absolute atomic E-state index is 0.0138. The number of amides is 1. The van der Waals surface area contributed by atoms with Crippen molar-refractivity contribution in [3.63, 3.8) is 0 Å². The van der Waals surface area contributed by atoms with E-state index in [1.54, 1.807) is 6.20 Å². The molecule has 3 aromatic rings. The molecule has 4 heteroatoms. The number of hydrogen-bond donors (Lipinski definition) is 1. The number of benzene rings is 2. The summed E-state index contributed by atoms with van der Waals surface area (Å²) < 4.78 is 5.79. The number of pyridine rings is 1. The Morgan fingerprint density at radius 2 is 2.00 bits per heavy atom. The third-order valence-electron chi connectivity index (χ3n) is 4.65. The summed E-state index contributed by atoms with van der Waals surface area (Å²) in [6.07, 6.45) is 4.11. The minimum atomic E-state index is 0.0138. The number of ether oxygens (including phenoxy) is 1. The van der Waals surface area contributed by atoms with Crippen LogP contribution < -0.4 is 10.1 Å². The molecule has 0 bridgehead atoms. The van der Waals surface area contributed by atoms with Crippen molar-refractivity contribution in [1.82, 2.24) is 4.98 Å². The molecule has 1 aliphatic heterocycles. The lowest BCUT2D eigenvalue weighted by atomic mass is 9.91. The molecule has 0 saturated heterocycles. The predicted octanol–water partition coefficient (Wildman–Crippen LogP) is 4.52. The zero-order valence-corrected chi connectivity index (χ0v) is 13.9. The zero-order chi connectivity index (χ0) is 17.1. The van der Waals surface area contributed by atoms with Crippen molar-refractivity contribution in [2.24, 2.45) is 0 Å². The number of carbonyl (C=O) groups excluding carboxylic acids is 1. The van der Waals surface area contributed by atoms with Crippen LogP contribution >= 0.6 is 0 Å². The Balaban J connectivity index is 1.54. The van der Waals surface area contributed by atoms with E-state index in [4.69, 9.17) is 4.74 Å². The molecule has 1 amide bonds. The van der Waals surface area contributed by atoms with Crippen LogP contribution in [0.3, 0.4) is 0 Å². The van der Waals surface area contributed by atoms with E-state index in [1.165, 1.54) is 0 Å². The summed E-state index contributed by atoms with van der Waals surface area (Å²) in [5.74, 6) is 1.10. The van der Waals surface area contributed by atoms with E-state index < -0.39 is 0 Å². The lowest BCUT2D eigenvalue weighted by Gasteiger charge is -2.16. The molecule has 1 N–H and O–H groups in total. The van der Waals surface area contributed by atoms with E-state index in [0.717, 1.165) is 40.7 Å². The smallest absolute Gasteiger partial charge is 0.225 e. The number of para-hydroxylation sites is 2. The molecule has 2 heterocycles. The molecule has 1 unspecified atom stereocenters. The summed E-state index contributed by atoms with van der Waals surface area (Å²) in [4.78, 5) is 17.1. The summed E-state index contributed by atoms with van der Waals surface area (Å²) in [6, 6.07) is 17.8. The van der Waals surface area contributed by atoms with Gasteiger partial charge in [-0.2, -0.15) is 0 Å². The van der Waals surface area contributed by atoms with Crippen molar-refractivity contribution in [1.29, 1.82) is 0 Å². The Kier molecular flexibility index (Phi) is 4.34. The molecule has 4 rings (SSSR count). The standard InChI is InChI=1S/C21H20N2O2/c24-20(23-18-10-3-6-15-7-4-12-22-21(15)18)14-16-8-5-13-25-19-11-2-1-9-17(16)19/h1-4,6-7,9-12,16H,5,8,13-14H2,(H,23,24). The highest BCUT2D eigenvalue weighted by atomic mass is 16.5. The van der Waals surface area contributed by atoms with Crippen molar-refractivity contribution < 1.29 is 9.53 Å². The SMILES string of the molecule is O=C(CC1CCCOc2ccccc21)Nc1cccc2cccnc12. The quantitative estimate of drug-likeness (QED) is 0.767. The highest BCUT2D eigenvalue weighted by Crippen LogP contribution is 2.35. The fourth-order valence-electron chi connectivity index (χ4n) is 3.46. The molecule has 1 atom stereocenters. The number of nitrogens with zero attached hydrogens (tertiary/aromatic N) is 1. The van der Waals surface area contributed by atoms with Crippen molar-refractivity contribution in [3.05, 3.63) is 66.4 Å². The van der Waals surface area contributed by atoms with Gasteiger partial charge in [0.05, 0.1) is 17.8 Å². The molecular weight excluding hydrogens is 312 g/mol. The van der Waals surface area contributed by atoms with Gasteiger partial charge in [-0.15, -0.1) is 0 Å². The molecule has 126 valence electrons. The Hall–Kier alpha value is -2.88. The van der Waals surface area contributed by atoms with Gasteiger partial charge in [-0.1, -0.05) is 36.4 Å². The van der Waals surface area contributed by atoms with Crippen molar-refractivity contribution in [3.8, 4) is 5.75 Å². The van der Waals surface area contributed by atoms with Gasteiger partial charge in [0.1, 0.15) is 5.75 Å². The van der Waals surface area contributed by atoms with Crippen LogP contribution in [0.1, 0.15) is 30.7 Å². The maximum absolute atomic E-state index is 12.7. The first-order chi connectivity index (χ1) is 12.3. The Morgan fingerprint density at radius 3 is 2.96 bits per heavy atom. The molecule has 0 spiro atoms. The van der Waals surface area contributed by atoms with Crippen molar-refractivity contribution in [2.45, 2.75) is 25.2 Å². The minimum Gasteiger partial charge on any atom is -0.493 e. The second kappa shape index (κ2) is 6.93. The maximum Gasteiger partial charge on any atom is 0.225 e. The van der Waals surface area contributed by atoms with Crippen LogP contribution in [0.4, 0.5) is 5.69 Å². The van der Waals surface area contributed by atoms with E-state index >= 15 is 0 Å². The summed E-state index contributed by atoms with van der Waals surface area (Å²) in [6.45, 7) is 0.711. The van der Waals surface area contributed by atoms with E-state index in [2.05, 4.69) is 16.4 Å². The normalized spacial score (nSPS) is 16.6. The second-order valence-corrected chi connectivity index (χ2v) is 6.36. The fourth-order valence-corrected chi connectivity index (χ4v) is 3.46. The molecule has 0 saturated carbocycles. The molecule has 2 aromatic carbocycles. The lowest BCUT2D eigenvalue weighted by Crippen LogP contribution is -2.16. The Bertz CT molecular complexity index is 902. The van der Waals surface area contributed by atoms with Gasteiger partial charge >= 0.3 is 0 Å². The van der Waals surface area contributed by atoms with Gasteiger partial charge in [-0.3, -0.25) is 9.78 Å². The van der Waals surface area contributed by atoms with Gasteiger partial charge in [0, 0.05) is 18.0 Å². The molecular formula is C21H20N2O2. The summed E-state index contributed by atoms with van der Waals surface area (Å²) in [5, 5.41) is 4.06. The molecule has 0 aliphatic carbocycles. The number of rotatable bonds is 3. The van der Waals surface area contributed by atoms with Gasteiger partial charge in [0.25, 0.3) is 0 Å². The number of hydrogen-bond acceptors (Lipinski definition) is 3. The molecule has 25 heavy (non-hydrogen) atoms. The van der Waals surface area contributed by atoms with E-state index in [1.807, 2.05) is 48.5 Å². The van der Waals surface area contributed by atoms with Crippen LogP contribution in [0.25, 0.3) is 10.9 Å². The van der Waals surface area contributed by atoms with Crippen LogP contribution in [-0.4, -0.2) is 17.5 Å². The largest absolute Gasteiger partial charge is 0.493 e. The third kappa shape index (κ3) is 3.33. The van der Waals surface area contributed by atoms with Gasteiger partial charge in [-0.05, 0) is 42.5 Å². The molecule has 4 nitrogen and oxygen atoms in total. The van der Waals surface area contributed by atoms with E-state index in [9.17, 15) is 4.79 Å². The van der Waals surface area contributed by atoms with Gasteiger partial charge in [0.2, 0.25) is 5.91 Å². The van der Waals surface area contributed by atoms with Gasteiger partial charge in [-0.25, -0.2) is 0 Å². The maximum atomic E-state index is 12.7. The molecule has 0 radical (unpaired) electrons. The van der Waals surface area contributed by atoms with E-state index in [-0.39, 0.29) is 11.8 Å². The van der Waals surface area contributed by atoms with Crippen molar-refractivity contribution >= 4 is 22.5 Å². The average molecular weight is 332 g/mol.